The van der Waals surface area contributed by atoms with Crippen LogP contribution in [0.1, 0.15) is 0 Å². The van der Waals surface area contributed by atoms with Gasteiger partial charge >= 0.3 is 6.01 Å². The van der Waals surface area contributed by atoms with Gasteiger partial charge in [-0.1, -0.05) is 0 Å². The number of nitrogens with zero attached hydrogens (tertiary/aromatic N) is 6. The Bertz CT molecular complexity index is 995. The van der Waals surface area contributed by atoms with Crippen molar-refractivity contribution in [2.45, 2.75) is 12.0 Å². The third-order valence-electron chi connectivity index (χ3n) is 4.35. The Labute approximate surface area is 152 Å². The van der Waals surface area contributed by atoms with Gasteiger partial charge in [0, 0.05) is 18.6 Å². The molecule has 4 rings (SSSR count). The van der Waals surface area contributed by atoms with Crippen LogP contribution in [0.15, 0.2) is 24.7 Å². The van der Waals surface area contributed by atoms with E-state index in [1.807, 2.05) is 0 Å². The maximum Gasteiger partial charge on any atom is 0.319 e. The molecule has 0 aliphatic carbocycles. The number of hydrogen-bond donors (Lipinski definition) is 1. The normalized spacial score (nSPS) is 18.9. The van der Waals surface area contributed by atoms with E-state index in [1.54, 1.807) is 12.3 Å². The van der Waals surface area contributed by atoms with Crippen LogP contribution in [0.2, 0.25) is 0 Å². The molecule has 0 unspecified atom stereocenters. The summed E-state index contributed by atoms with van der Waals surface area (Å²) < 4.78 is 39.4. The second-order valence-electron chi connectivity index (χ2n) is 6.05. The molecule has 0 amide bonds. The van der Waals surface area contributed by atoms with Gasteiger partial charge in [-0.3, -0.25) is 0 Å². The Balaban J connectivity index is 1.85. The van der Waals surface area contributed by atoms with Gasteiger partial charge in [-0.2, -0.15) is 10.1 Å². The smallest absolute Gasteiger partial charge is 0.319 e. The number of methoxy groups -OCH3 is 2. The van der Waals surface area contributed by atoms with E-state index in [-0.39, 0.29) is 18.4 Å². The monoisotopic (exact) mass is 378 g/mol. The minimum absolute atomic E-state index is 0.127. The maximum atomic E-state index is 13.8. The highest BCUT2D eigenvalue weighted by Gasteiger charge is 2.47. The molecule has 27 heavy (non-hydrogen) atoms. The Kier molecular flexibility index (Phi) is 4.02. The summed E-state index contributed by atoms with van der Waals surface area (Å²) in [4.78, 5) is 13.8. The number of anilines is 1. The molecule has 1 saturated heterocycles. The zero-order valence-electron chi connectivity index (χ0n) is 14.5. The fourth-order valence-electron chi connectivity index (χ4n) is 3.00. The average molecular weight is 378 g/mol. The van der Waals surface area contributed by atoms with Gasteiger partial charge in [-0.25, -0.2) is 23.3 Å². The highest BCUT2D eigenvalue weighted by molar-refractivity contribution is 5.76. The molecule has 1 fully saturated rings. The summed E-state index contributed by atoms with van der Waals surface area (Å²) in [5.41, 5.74) is 1.68. The predicted octanol–water partition coefficient (Wildman–Crippen LogP) is 1.02. The number of aromatic nitrogens is 5. The van der Waals surface area contributed by atoms with E-state index in [1.165, 1.54) is 36.0 Å². The van der Waals surface area contributed by atoms with Crippen LogP contribution < -0.4 is 14.4 Å². The first-order chi connectivity index (χ1) is 12.9. The largest absolute Gasteiger partial charge is 0.480 e. The molecule has 11 heteroatoms. The van der Waals surface area contributed by atoms with E-state index < -0.39 is 18.6 Å². The van der Waals surface area contributed by atoms with Gasteiger partial charge in [0.2, 0.25) is 5.88 Å². The molecule has 142 valence electrons. The summed E-state index contributed by atoms with van der Waals surface area (Å²) in [7, 11) is 2.88. The van der Waals surface area contributed by atoms with Gasteiger partial charge in [0.1, 0.15) is 11.8 Å². The molecule has 0 radical (unpaired) electrons. The summed E-state index contributed by atoms with van der Waals surface area (Å²) in [6.45, 7) is -0.828. The fourth-order valence-corrected chi connectivity index (χ4v) is 3.00. The number of ether oxygens (including phenoxy) is 2. The number of β-amino-alcohol motifs (C(OH)–C–C–N with tert-alkyl or cyclic N) is 1. The summed E-state index contributed by atoms with van der Waals surface area (Å²) in [6.07, 6.45) is 2.85. The van der Waals surface area contributed by atoms with Crippen molar-refractivity contribution in [1.29, 1.82) is 0 Å². The lowest BCUT2D eigenvalue weighted by molar-refractivity contribution is -0.0712. The van der Waals surface area contributed by atoms with E-state index in [2.05, 4.69) is 20.1 Å². The fraction of sp³-hybridized carbons (Fsp3) is 0.375. The molecule has 1 aliphatic heterocycles. The van der Waals surface area contributed by atoms with Crippen molar-refractivity contribution in [3.05, 3.63) is 24.7 Å². The number of halogens is 2. The summed E-state index contributed by atoms with van der Waals surface area (Å²) in [5.74, 6) is -2.97. The van der Waals surface area contributed by atoms with E-state index in [0.717, 1.165) is 0 Å². The second kappa shape index (κ2) is 6.27. The minimum atomic E-state index is -3.20. The third kappa shape index (κ3) is 2.89. The Hall–Kier alpha value is -3.08. The SMILES string of the molecule is COc1ncc(-c2cc(N3C[C@H](O)C(F)(F)C3)c3nccn3n2)c(OC)n1. The number of hydrogen-bond acceptors (Lipinski definition) is 8. The molecule has 4 heterocycles. The number of aliphatic hydroxyl groups excluding tert-OH is 1. The summed E-state index contributed by atoms with van der Waals surface area (Å²) in [6, 6.07) is 1.73. The van der Waals surface area contributed by atoms with Gasteiger partial charge < -0.3 is 19.5 Å². The maximum absolute atomic E-state index is 13.8. The van der Waals surface area contributed by atoms with Crippen LogP contribution in [0.3, 0.4) is 0 Å². The highest BCUT2D eigenvalue weighted by Crippen LogP contribution is 2.36. The van der Waals surface area contributed by atoms with Gasteiger partial charge in [-0.05, 0) is 6.07 Å². The van der Waals surface area contributed by atoms with Crippen molar-refractivity contribution in [1.82, 2.24) is 24.6 Å². The number of rotatable bonds is 4. The van der Waals surface area contributed by atoms with Crippen LogP contribution in [-0.4, -0.2) is 69.0 Å². The van der Waals surface area contributed by atoms with Crippen LogP contribution in [0.5, 0.6) is 11.9 Å². The molecule has 9 nitrogen and oxygen atoms in total. The standard InChI is InChI=1S/C16H16F2N6O3/c1-26-14-9(6-20-15(21-14)27-2)10-5-11(13-19-3-4-24(13)22-10)23-7-12(25)16(17,18)8-23/h3-6,12,25H,7-8H2,1-2H3/t12-/m0/s1. The van der Waals surface area contributed by atoms with Crippen LogP contribution in [-0.2, 0) is 0 Å². The topological polar surface area (TPSA) is 97.9 Å². The van der Waals surface area contributed by atoms with E-state index >= 15 is 0 Å². The van der Waals surface area contributed by atoms with E-state index in [4.69, 9.17) is 9.47 Å². The first-order valence-electron chi connectivity index (χ1n) is 8.03. The van der Waals surface area contributed by atoms with E-state index in [0.29, 0.717) is 22.6 Å². The van der Waals surface area contributed by atoms with Gasteiger partial charge in [-0.15, -0.1) is 0 Å². The van der Waals surface area contributed by atoms with Crippen LogP contribution >= 0.6 is 0 Å². The van der Waals surface area contributed by atoms with Gasteiger partial charge in [0.15, 0.2) is 5.65 Å². The first kappa shape index (κ1) is 17.3. The van der Waals surface area contributed by atoms with Crippen LogP contribution in [0.25, 0.3) is 16.9 Å². The zero-order valence-corrected chi connectivity index (χ0v) is 14.5. The quantitative estimate of drug-likeness (QED) is 0.719. The predicted molar refractivity (Wildman–Crippen MR) is 90.3 cm³/mol. The average Bonchev–Trinajstić information content (AvgIpc) is 3.24. The lowest BCUT2D eigenvalue weighted by Gasteiger charge is -2.19. The van der Waals surface area contributed by atoms with Crippen molar-refractivity contribution >= 4 is 11.3 Å². The summed E-state index contributed by atoms with van der Waals surface area (Å²) >= 11 is 0. The molecule has 1 aliphatic rings. The lowest BCUT2D eigenvalue weighted by Crippen LogP contribution is -2.31. The molecule has 0 spiro atoms. The molecule has 1 atom stereocenters. The molecule has 1 N–H and O–H groups in total. The van der Waals surface area contributed by atoms with Crippen molar-refractivity contribution in [2.24, 2.45) is 0 Å². The third-order valence-corrected chi connectivity index (χ3v) is 4.35. The van der Waals surface area contributed by atoms with Crippen molar-refractivity contribution in [2.75, 3.05) is 32.2 Å². The molecule has 0 bridgehead atoms. The van der Waals surface area contributed by atoms with Crippen LogP contribution in [0, 0.1) is 0 Å². The minimum Gasteiger partial charge on any atom is -0.480 e. The Morgan fingerprint density at radius 3 is 2.74 bits per heavy atom. The van der Waals surface area contributed by atoms with Crippen molar-refractivity contribution in [3.8, 4) is 23.1 Å². The molecular weight excluding hydrogens is 362 g/mol. The highest BCUT2D eigenvalue weighted by atomic mass is 19.3. The van der Waals surface area contributed by atoms with Crippen molar-refractivity contribution < 1.29 is 23.4 Å². The number of imidazole rings is 1. The molecule has 0 aromatic carbocycles. The Morgan fingerprint density at radius 2 is 2.07 bits per heavy atom. The molecular formula is C16H16F2N6O3. The van der Waals surface area contributed by atoms with Crippen LogP contribution in [0.4, 0.5) is 14.5 Å². The zero-order chi connectivity index (χ0) is 19.2. The van der Waals surface area contributed by atoms with Crippen molar-refractivity contribution in [3.63, 3.8) is 0 Å². The summed E-state index contributed by atoms with van der Waals surface area (Å²) in [5, 5.41) is 14.1. The molecule has 3 aromatic rings. The molecule has 3 aromatic heterocycles. The van der Waals surface area contributed by atoms with E-state index in [9.17, 15) is 13.9 Å². The van der Waals surface area contributed by atoms with Gasteiger partial charge in [0.05, 0.1) is 38.6 Å². The number of aliphatic hydroxyl groups is 1. The number of alkyl halides is 2. The number of fused-ring (bicyclic) bond motifs is 1. The molecule has 0 saturated carbocycles. The first-order valence-corrected chi connectivity index (χ1v) is 8.03. The van der Waals surface area contributed by atoms with Gasteiger partial charge in [0.25, 0.3) is 5.92 Å². The lowest BCUT2D eigenvalue weighted by atomic mass is 10.2. The second-order valence-corrected chi connectivity index (χ2v) is 6.05. The Morgan fingerprint density at radius 1 is 1.26 bits per heavy atom.